The van der Waals surface area contributed by atoms with Crippen molar-refractivity contribution in [2.24, 2.45) is 0 Å². The largest absolute Gasteiger partial charge is 0.457 e. The molecular weight excluding hydrogens is 492 g/mol. The summed E-state index contributed by atoms with van der Waals surface area (Å²) in [5, 5.41) is 34.0. The van der Waals surface area contributed by atoms with Gasteiger partial charge in [0.25, 0.3) is 17.5 Å². The summed E-state index contributed by atoms with van der Waals surface area (Å²) in [7, 11) is 0. The Balaban J connectivity index is 1.24. The molecule has 11 nitrogen and oxygen atoms in total. The molecule has 3 N–H and O–H groups in total. The summed E-state index contributed by atoms with van der Waals surface area (Å²) >= 11 is 0. The highest BCUT2D eigenvalue weighted by Gasteiger charge is 2.34. The number of nitro benzene ring substituents is 1. The van der Waals surface area contributed by atoms with Crippen molar-refractivity contribution in [2.75, 3.05) is 31.1 Å². The Hall–Kier alpha value is -4.48. The van der Waals surface area contributed by atoms with Crippen LogP contribution in [0.3, 0.4) is 0 Å². The van der Waals surface area contributed by atoms with Crippen molar-refractivity contribution in [3.63, 3.8) is 0 Å². The third-order valence-corrected chi connectivity index (χ3v) is 6.19. The van der Waals surface area contributed by atoms with Crippen molar-refractivity contribution in [1.82, 2.24) is 10.2 Å². The number of nitrogens with zero attached hydrogens (tertiary/aromatic N) is 3. The summed E-state index contributed by atoms with van der Waals surface area (Å²) < 4.78 is 5.63. The Labute approximate surface area is 219 Å². The molecule has 3 aromatic rings. The fourth-order valence-electron chi connectivity index (χ4n) is 4.06. The number of para-hydroxylation sites is 1. The van der Waals surface area contributed by atoms with Crippen molar-refractivity contribution < 1.29 is 29.5 Å². The molecule has 4 rings (SSSR count). The van der Waals surface area contributed by atoms with E-state index in [-0.39, 0.29) is 12.2 Å². The van der Waals surface area contributed by atoms with Crippen LogP contribution in [0.4, 0.5) is 11.4 Å². The minimum atomic E-state index is -1.91. The van der Waals surface area contributed by atoms with Crippen LogP contribution in [-0.2, 0) is 16.1 Å². The van der Waals surface area contributed by atoms with Gasteiger partial charge >= 0.3 is 0 Å². The van der Waals surface area contributed by atoms with Crippen molar-refractivity contribution in [1.29, 1.82) is 0 Å². The minimum Gasteiger partial charge on any atom is -0.457 e. The number of nitro groups is 1. The Bertz CT molecular complexity index is 1260. The van der Waals surface area contributed by atoms with E-state index in [9.17, 15) is 29.9 Å². The lowest BCUT2D eigenvalue weighted by molar-refractivity contribution is -0.384. The number of non-ortho nitro benzene ring substituents is 1. The van der Waals surface area contributed by atoms with Gasteiger partial charge in [0.15, 0.2) is 12.2 Å². The fourth-order valence-corrected chi connectivity index (χ4v) is 4.06. The van der Waals surface area contributed by atoms with Crippen LogP contribution in [0.2, 0.25) is 0 Å². The van der Waals surface area contributed by atoms with E-state index < -0.39 is 28.9 Å². The standard InChI is InChI=1S/C27H28N4O7/c32-24(25(33)27(35)30-15-13-29(14-16-30)20-5-2-1-3-6-20)26(34)28-18-19-9-11-22(12-10-19)38-23-8-4-7-21(17-23)31(36)37/h1-12,17,24-25,32-33H,13-16,18H2,(H,28,34)/t24-,25-/m1/s1. The zero-order valence-corrected chi connectivity index (χ0v) is 20.5. The Morgan fingerprint density at radius 2 is 1.58 bits per heavy atom. The first-order chi connectivity index (χ1) is 18.3. The maximum Gasteiger partial charge on any atom is 0.273 e. The maximum absolute atomic E-state index is 12.7. The van der Waals surface area contributed by atoms with Crippen molar-refractivity contribution in [3.8, 4) is 11.5 Å². The molecule has 1 aliphatic heterocycles. The smallest absolute Gasteiger partial charge is 0.273 e. The van der Waals surface area contributed by atoms with Crippen molar-refractivity contribution in [3.05, 3.63) is 94.5 Å². The molecule has 0 aromatic heterocycles. The van der Waals surface area contributed by atoms with Gasteiger partial charge in [-0.15, -0.1) is 0 Å². The highest BCUT2D eigenvalue weighted by Crippen LogP contribution is 2.25. The van der Waals surface area contributed by atoms with Crippen LogP contribution in [0.25, 0.3) is 0 Å². The monoisotopic (exact) mass is 520 g/mol. The zero-order valence-electron chi connectivity index (χ0n) is 20.5. The Morgan fingerprint density at radius 1 is 0.895 bits per heavy atom. The first-order valence-corrected chi connectivity index (χ1v) is 12.1. The number of nitrogens with one attached hydrogen (secondary N) is 1. The van der Waals surface area contributed by atoms with Gasteiger partial charge in [0, 0.05) is 44.5 Å². The first kappa shape index (κ1) is 26.6. The molecule has 0 radical (unpaired) electrons. The van der Waals surface area contributed by atoms with E-state index >= 15 is 0 Å². The van der Waals surface area contributed by atoms with Crippen LogP contribution in [0.1, 0.15) is 5.56 Å². The van der Waals surface area contributed by atoms with Crippen LogP contribution in [0.15, 0.2) is 78.9 Å². The summed E-state index contributed by atoms with van der Waals surface area (Å²) in [5.74, 6) is -0.814. The molecule has 0 unspecified atom stereocenters. The van der Waals surface area contributed by atoms with Gasteiger partial charge < -0.3 is 30.1 Å². The van der Waals surface area contributed by atoms with Crippen LogP contribution in [0.5, 0.6) is 11.5 Å². The molecular formula is C27H28N4O7. The molecule has 2 amide bonds. The number of aliphatic hydroxyl groups is 2. The molecule has 1 saturated heterocycles. The Kier molecular flexibility index (Phi) is 8.51. The number of aliphatic hydroxyl groups excluding tert-OH is 2. The van der Waals surface area contributed by atoms with Crippen LogP contribution < -0.4 is 15.0 Å². The summed E-state index contributed by atoms with van der Waals surface area (Å²) in [6.07, 6.45) is -3.78. The average molecular weight is 521 g/mol. The number of amides is 2. The van der Waals surface area contributed by atoms with E-state index in [2.05, 4.69) is 10.2 Å². The van der Waals surface area contributed by atoms with Gasteiger partial charge in [-0.25, -0.2) is 0 Å². The van der Waals surface area contributed by atoms with Crippen molar-refractivity contribution >= 4 is 23.2 Å². The van der Waals surface area contributed by atoms with Crippen LogP contribution >= 0.6 is 0 Å². The molecule has 3 aromatic carbocycles. The number of piperazine rings is 1. The number of carbonyl (C=O) groups excluding carboxylic acids is 2. The summed E-state index contributed by atoms with van der Waals surface area (Å²) in [5.41, 5.74) is 1.63. The molecule has 11 heteroatoms. The lowest BCUT2D eigenvalue weighted by Gasteiger charge is -2.37. The molecule has 1 aliphatic rings. The quantitative estimate of drug-likeness (QED) is 0.287. The normalized spacial score (nSPS) is 14.9. The summed E-state index contributed by atoms with van der Waals surface area (Å²) in [6.45, 7) is 1.93. The third kappa shape index (κ3) is 6.64. The van der Waals surface area contributed by atoms with Crippen LogP contribution in [-0.4, -0.2) is 70.2 Å². The molecule has 2 atom stereocenters. The molecule has 0 aliphatic carbocycles. The second-order valence-corrected chi connectivity index (χ2v) is 8.76. The summed E-state index contributed by atoms with van der Waals surface area (Å²) in [6, 6.07) is 22.2. The minimum absolute atomic E-state index is 0.0453. The predicted molar refractivity (Wildman–Crippen MR) is 139 cm³/mol. The highest BCUT2D eigenvalue weighted by molar-refractivity contribution is 5.90. The van der Waals surface area contributed by atoms with E-state index in [1.807, 2.05) is 30.3 Å². The number of rotatable bonds is 9. The number of hydrogen-bond acceptors (Lipinski definition) is 8. The second kappa shape index (κ2) is 12.2. The SMILES string of the molecule is O=C(NCc1ccc(Oc2cccc([N+](=O)[O-])c2)cc1)[C@H](O)[C@@H](O)C(=O)N1CCN(c2ccccc2)CC1. The van der Waals surface area contributed by atoms with E-state index in [1.165, 1.54) is 23.1 Å². The highest BCUT2D eigenvalue weighted by atomic mass is 16.6. The molecule has 0 saturated carbocycles. The number of ether oxygens (including phenoxy) is 1. The molecule has 38 heavy (non-hydrogen) atoms. The van der Waals surface area contributed by atoms with Crippen LogP contribution in [0, 0.1) is 10.1 Å². The zero-order chi connectivity index (χ0) is 27.1. The molecule has 1 heterocycles. The Morgan fingerprint density at radius 3 is 2.24 bits per heavy atom. The number of carbonyl (C=O) groups is 2. The lowest BCUT2D eigenvalue weighted by atomic mass is 10.1. The lowest BCUT2D eigenvalue weighted by Crippen LogP contribution is -2.55. The van der Waals surface area contributed by atoms with Gasteiger partial charge in [0.05, 0.1) is 11.0 Å². The van der Waals surface area contributed by atoms with Gasteiger partial charge in [-0.1, -0.05) is 36.4 Å². The van der Waals surface area contributed by atoms with Crippen molar-refractivity contribution in [2.45, 2.75) is 18.8 Å². The van der Waals surface area contributed by atoms with E-state index in [0.29, 0.717) is 43.2 Å². The number of anilines is 1. The second-order valence-electron chi connectivity index (χ2n) is 8.76. The van der Waals surface area contributed by atoms with Gasteiger partial charge in [-0.05, 0) is 35.9 Å². The molecule has 1 fully saturated rings. The van der Waals surface area contributed by atoms with E-state index in [0.717, 1.165) is 5.69 Å². The molecule has 198 valence electrons. The maximum atomic E-state index is 12.7. The topological polar surface area (TPSA) is 145 Å². The van der Waals surface area contributed by atoms with Gasteiger partial charge in [0.1, 0.15) is 11.5 Å². The molecule has 0 spiro atoms. The summed E-state index contributed by atoms with van der Waals surface area (Å²) in [4.78, 5) is 39.0. The number of hydrogen-bond donors (Lipinski definition) is 3. The average Bonchev–Trinajstić information content (AvgIpc) is 2.96. The van der Waals surface area contributed by atoms with Gasteiger partial charge in [-0.3, -0.25) is 19.7 Å². The fraction of sp³-hybridized carbons (Fsp3) is 0.259. The first-order valence-electron chi connectivity index (χ1n) is 12.1. The molecule has 0 bridgehead atoms. The third-order valence-electron chi connectivity index (χ3n) is 6.19. The van der Waals surface area contributed by atoms with Gasteiger partial charge in [0.2, 0.25) is 0 Å². The van der Waals surface area contributed by atoms with E-state index in [4.69, 9.17) is 4.74 Å². The van der Waals surface area contributed by atoms with Gasteiger partial charge in [-0.2, -0.15) is 0 Å². The predicted octanol–water partition coefficient (Wildman–Crippen LogP) is 2.07. The number of benzene rings is 3. The van der Waals surface area contributed by atoms with E-state index in [1.54, 1.807) is 30.3 Å².